The minimum absolute atomic E-state index is 0.167. The summed E-state index contributed by atoms with van der Waals surface area (Å²) in [4.78, 5) is 12.8. The van der Waals surface area contributed by atoms with E-state index in [-0.39, 0.29) is 5.57 Å². The van der Waals surface area contributed by atoms with E-state index in [0.29, 0.717) is 16.1 Å². The number of halogens is 1. The molecule has 1 aliphatic heterocycles. The molecule has 1 atom stereocenters. The first-order chi connectivity index (χ1) is 11.9. The van der Waals surface area contributed by atoms with Gasteiger partial charge in [0, 0.05) is 20.1 Å². The quantitative estimate of drug-likeness (QED) is 0.523. The molecule has 0 aliphatic carbocycles. The molecule has 0 aromatic heterocycles. The van der Waals surface area contributed by atoms with Crippen molar-refractivity contribution in [2.75, 3.05) is 5.32 Å². The minimum Gasteiger partial charge on any atom is -0.321 e. The molecule has 0 fully saturated rings. The molecule has 2 aromatic rings. The Morgan fingerprint density at radius 3 is 2.80 bits per heavy atom. The van der Waals surface area contributed by atoms with Crippen LogP contribution in [0.3, 0.4) is 0 Å². The molecule has 0 radical (unpaired) electrons. The number of anilines is 1. The van der Waals surface area contributed by atoms with E-state index in [1.165, 1.54) is 29.7 Å². The van der Waals surface area contributed by atoms with Gasteiger partial charge in [-0.05, 0) is 58.8 Å². The summed E-state index contributed by atoms with van der Waals surface area (Å²) in [5.41, 5.74) is 1.43. The van der Waals surface area contributed by atoms with Gasteiger partial charge < -0.3 is 5.32 Å². The number of amides is 1. The first-order valence-corrected chi connectivity index (χ1v) is 9.06. The van der Waals surface area contributed by atoms with Crippen LogP contribution >= 0.6 is 0 Å². The fourth-order valence-corrected chi connectivity index (χ4v) is 3.79. The molecule has 0 bridgehead atoms. The minimum atomic E-state index is -2.50. The Hall–Kier alpha value is -3.17. The fraction of sp³-hybridized carbons (Fsp3) is 0. The monoisotopic (exact) mass is 352 g/mol. The molecule has 1 aliphatic rings. The zero-order chi connectivity index (χ0) is 18.0. The number of nitriles is 1. The summed E-state index contributed by atoms with van der Waals surface area (Å²) in [6, 6.07) is 12.3. The van der Waals surface area contributed by atoms with Gasteiger partial charge in [0.2, 0.25) is 0 Å². The molecule has 1 heterocycles. The third kappa shape index (κ3) is 3.52. The van der Waals surface area contributed by atoms with Gasteiger partial charge in [-0.2, -0.15) is 5.26 Å². The van der Waals surface area contributed by atoms with Gasteiger partial charge in [-0.25, -0.2) is 4.39 Å². The number of carbonyl (C=O) groups is 1. The van der Waals surface area contributed by atoms with E-state index < -0.39 is 21.2 Å². The topological polar surface area (TPSA) is 70.0 Å². The van der Waals surface area contributed by atoms with Crippen molar-refractivity contribution in [2.24, 2.45) is 0 Å². The van der Waals surface area contributed by atoms with Crippen molar-refractivity contribution in [1.29, 1.82) is 5.26 Å². The van der Waals surface area contributed by atoms with E-state index in [4.69, 9.17) is 0 Å². The van der Waals surface area contributed by atoms with E-state index in [2.05, 4.69) is 11.2 Å². The van der Waals surface area contributed by atoms with E-state index in [1.807, 2.05) is 0 Å². The lowest BCUT2D eigenvalue weighted by Crippen LogP contribution is -2.13. The molecule has 1 amide bonds. The smallest absolute Gasteiger partial charge is 0.266 e. The third-order valence-corrected chi connectivity index (χ3v) is 5.31. The first-order valence-electron chi connectivity index (χ1n) is 7.27. The molecule has 6 heteroatoms. The highest BCUT2D eigenvalue weighted by atomic mass is 32.2. The van der Waals surface area contributed by atoms with Gasteiger partial charge in [0.05, 0.1) is 0 Å². The molecule has 4 nitrogen and oxygen atoms in total. The predicted octanol–water partition coefficient (Wildman–Crippen LogP) is 3.43. The van der Waals surface area contributed by atoms with Gasteiger partial charge in [-0.15, -0.1) is 0 Å². The van der Waals surface area contributed by atoms with Crippen LogP contribution in [0.15, 0.2) is 58.3 Å². The Labute approximate surface area is 144 Å². The number of hydrogen-bond acceptors (Lipinski definition) is 3. The summed E-state index contributed by atoms with van der Waals surface area (Å²) >= 11 is 0. The van der Waals surface area contributed by atoms with Gasteiger partial charge in [0.1, 0.15) is 17.5 Å². The van der Waals surface area contributed by atoms with Crippen LogP contribution < -0.4 is 5.32 Å². The molecule has 0 saturated heterocycles. The molecule has 2 aromatic carbocycles. The summed E-state index contributed by atoms with van der Waals surface area (Å²) in [5, 5.41) is 13.3. The summed E-state index contributed by atoms with van der Waals surface area (Å²) in [5.74, 6) is 2.59. The molecule has 0 saturated carbocycles. The van der Waals surface area contributed by atoms with Crippen LogP contribution in [0.4, 0.5) is 10.1 Å². The van der Waals surface area contributed by atoms with Crippen molar-refractivity contribution in [3.8, 4) is 6.07 Å². The van der Waals surface area contributed by atoms with Crippen LogP contribution in [-0.2, 0) is 14.3 Å². The zero-order valence-electron chi connectivity index (χ0n) is 13.0. The second-order valence-corrected chi connectivity index (χ2v) is 7.63. The fourth-order valence-electron chi connectivity index (χ4n) is 2.42. The maximum Gasteiger partial charge on any atom is 0.266 e. The molecule has 25 heavy (non-hydrogen) atoms. The highest BCUT2D eigenvalue weighted by Gasteiger charge is 2.17. The molecule has 0 spiro atoms. The van der Waals surface area contributed by atoms with E-state index in [0.717, 1.165) is 5.56 Å². The largest absolute Gasteiger partial charge is 0.321 e. The van der Waals surface area contributed by atoms with Crippen molar-refractivity contribution in [2.45, 2.75) is 4.90 Å². The van der Waals surface area contributed by atoms with Gasteiger partial charge in [-0.1, -0.05) is 18.2 Å². The normalized spacial score (nSPS) is 18.5. The molecular weight excluding hydrogens is 339 g/mol. The van der Waals surface area contributed by atoms with Crippen molar-refractivity contribution in [3.05, 3.63) is 70.4 Å². The van der Waals surface area contributed by atoms with Gasteiger partial charge in [0.25, 0.3) is 5.91 Å². The SMILES string of the molecule is C=S1(=O)C=Cc2ccc(NC(=O)/C(C#N)=C/c3cccc(F)c3)cc21. The Morgan fingerprint density at radius 1 is 1.28 bits per heavy atom. The summed E-state index contributed by atoms with van der Waals surface area (Å²) in [7, 11) is -2.50. The summed E-state index contributed by atoms with van der Waals surface area (Å²) < 4.78 is 25.5. The first kappa shape index (κ1) is 16.7. The van der Waals surface area contributed by atoms with Crippen molar-refractivity contribution in [1.82, 2.24) is 0 Å². The van der Waals surface area contributed by atoms with Crippen LogP contribution in [0, 0.1) is 17.1 Å². The number of nitrogens with zero attached hydrogens (tertiary/aromatic N) is 1. The van der Waals surface area contributed by atoms with Crippen molar-refractivity contribution in [3.63, 3.8) is 0 Å². The van der Waals surface area contributed by atoms with Gasteiger partial charge in [-0.3, -0.25) is 9.00 Å². The molecule has 1 N–H and O–H groups in total. The number of hydrogen-bond donors (Lipinski definition) is 1. The number of benzene rings is 2. The lowest BCUT2D eigenvalue weighted by atomic mass is 10.1. The maximum atomic E-state index is 13.2. The standard InChI is InChI=1S/C19H13FN2O2S/c1-25(24)8-7-14-5-6-17(11-18(14)25)22-19(23)15(12-21)9-13-3-2-4-16(20)10-13/h2-11H,1H2,(H,22,23)/b15-9+. The van der Waals surface area contributed by atoms with Crippen LogP contribution in [0.2, 0.25) is 0 Å². The third-order valence-electron chi connectivity index (χ3n) is 3.64. The summed E-state index contributed by atoms with van der Waals surface area (Å²) in [6.07, 6.45) is 3.03. The zero-order valence-corrected chi connectivity index (χ0v) is 13.8. The molecule has 1 unspecified atom stereocenters. The maximum absolute atomic E-state index is 13.2. The van der Waals surface area contributed by atoms with Crippen molar-refractivity contribution >= 4 is 39.1 Å². The number of nitrogens with one attached hydrogen (secondary N) is 1. The van der Waals surface area contributed by atoms with E-state index in [1.54, 1.807) is 36.4 Å². The van der Waals surface area contributed by atoms with Crippen LogP contribution in [0.1, 0.15) is 11.1 Å². The van der Waals surface area contributed by atoms with E-state index >= 15 is 0 Å². The molecule has 124 valence electrons. The van der Waals surface area contributed by atoms with Crippen LogP contribution in [0.25, 0.3) is 12.2 Å². The summed E-state index contributed by atoms with van der Waals surface area (Å²) in [6.45, 7) is 0. The average Bonchev–Trinajstić information content (AvgIpc) is 2.87. The van der Waals surface area contributed by atoms with Crippen LogP contribution in [-0.4, -0.2) is 16.0 Å². The number of fused-ring (bicyclic) bond motifs is 1. The van der Waals surface area contributed by atoms with Gasteiger partial charge in [0.15, 0.2) is 0 Å². The van der Waals surface area contributed by atoms with Gasteiger partial charge >= 0.3 is 0 Å². The predicted molar refractivity (Wildman–Crippen MR) is 97.6 cm³/mol. The van der Waals surface area contributed by atoms with Crippen molar-refractivity contribution < 1.29 is 13.4 Å². The highest BCUT2D eigenvalue weighted by molar-refractivity contribution is 8.03. The Morgan fingerprint density at radius 2 is 2.08 bits per heavy atom. The van der Waals surface area contributed by atoms with E-state index in [9.17, 15) is 18.7 Å². The van der Waals surface area contributed by atoms with Crippen LogP contribution in [0.5, 0.6) is 0 Å². The lowest BCUT2D eigenvalue weighted by molar-refractivity contribution is -0.112. The Balaban J connectivity index is 1.86. The lowest BCUT2D eigenvalue weighted by Gasteiger charge is -2.08. The second kappa shape index (κ2) is 6.38. The Kier molecular flexibility index (Phi) is 4.26. The number of carbonyl (C=O) groups excluding carboxylic acids is 1. The highest BCUT2D eigenvalue weighted by Crippen LogP contribution is 2.29. The molecule has 3 rings (SSSR count). The average molecular weight is 352 g/mol. The Bertz CT molecular complexity index is 1080. The molecular formula is C19H13FN2O2S. The second-order valence-electron chi connectivity index (χ2n) is 5.46. The number of rotatable bonds is 3.